The standard InChI is InChI=1S/C14H15ClN4O3/c1-21-8-4-3-6(11(15)12(8)22-2)7-5-9(20)17-14-10(7)13(16)18-19-14/h3-4,7H,5H2,1-2H3,(H4,16,17,18,19,20). The summed E-state index contributed by atoms with van der Waals surface area (Å²) < 4.78 is 10.5. The molecule has 0 bridgehead atoms. The highest BCUT2D eigenvalue weighted by atomic mass is 35.5. The summed E-state index contributed by atoms with van der Waals surface area (Å²) in [6, 6.07) is 3.56. The number of hydrogen-bond donors (Lipinski definition) is 3. The van der Waals surface area contributed by atoms with Crippen molar-refractivity contribution < 1.29 is 14.3 Å². The summed E-state index contributed by atoms with van der Waals surface area (Å²) in [5.41, 5.74) is 7.41. The number of H-pyrrole nitrogens is 1. The number of nitrogens with two attached hydrogens (primary N) is 1. The number of aromatic amines is 1. The SMILES string of the molecule is COc1ccc(C2CC(=O)Nc3n[nH]c(N)c32)c(Cl)c1OC. The van der Waals surface area contributed by atoms with Gasteiger partial charge in [-0.05, 0) is 11.6 Å². The number of halogens is 1. The molecule has 1 aliphatic rings. The topological polar surface area (TPSA) is 102 Å². The Bertz CT molecular complexity index is 744. The molecule has 1 unspecified atom stereocenters. The maximum atomic E-state index is 11.9. The van der Waals surface area contributed by atoms with Gasteiger partial charge in [0.15, 0.2) is 17.3 Å². The molecule has 8 heteroatoms. The van der Waals surface area contributed by atoms with Gasteiger partial charge in [0, 0.05) is 17.9 Å². The Morgan fingerprint density at radius 2 is 2.14 bits per heavy atom. The minimum atomic E-state index is -0.296. The Balaban J connectivity index is 2.16. The van der Waals surface area contributed by atoms with Gasteiger partial charge in [0.2, 0.25) is 5.91 Å². The van der Waals surface area contributed by atoms with Crippen LogP contribution in [0.15, 0.2) is 12.1 Å². The number of nitrogens with one attached hydrogen (secondary N) is 2. The number of carbonyl (C=O) groups is 1. The lowest BCUT2D eigenvalue weighted by Crippen LogP contribution is -2.23. The highest BCUT2D eigenvalue weighted by Crippen LogP contribution is 2.46. The van der Waals surface area contributed by atoms with E-state index in [0.717, 1.165) is 11.1 Å². The molecule has 2 aromatic rings. The Labute approximate surface area is 131 Å². The van der Waals surface area contributed by atoms with Crippen molar-refractivity contribution >= 4 is 29.1 Å². The van der Waals surface area contributed by atoms with E-state index in [1.54, 1.807) is 6.07 Å². The number of hydrogen-bond acceptors (Lipinski definition) is 5. The van der Waals surface area contributed by atoms with Crippen LogP contribution in [0.1, 0.15) is 23.5 Å². The van der Waals surface area contributed by atoms with E-state index < -0.39 is 0 Å². The van der Waals surface area contributed by atoms with Gasteiger partial charge < -0.3 is 20.5 Å². The predicted molar refractivity (Wildman–Crippen MR) is 82.6 cm³/mol. The van der Waals surface area contributed by atoms with Crippen molar-refractivity contribution in [1.82, 2.24) is 10.2 Å². The number of rotatable bonds is 3. The Hall–Kier alpha value is -2.41. The van der Waals surface area contributed by atoms with E-state index in [4.69, 9.17) is 26.8 Å². The van der Waals surface area contributed by atoms with Crippen molar-refractivity contribution in [2.45, 2.75) is 12.3 Å². The molecule has 7 nitrogen and oxygen atoms in total. The lowest BCUT2D eigenvalue weighted by atomic mass is 9.86. The van der Waals surface area contributed by atoms with Gasteiger partial charge in [-0.2, -0.15) is 5.10 Å². The molecule has 4 N–H and O–H groups in total. The average Bonchev–Trinajstić information content (AvgIpc) is 2.87. The van der Waals surface area contributed by atoms with Crippen LogP contribution in [0.2, 0.25) is 5.02 Å². The van der Waals surface area contributed by atoms with Gasteiger partial charge >= 0.3 is 0 Å². The molecule has 1 aromatic heterocycles. The zero-order valence-corrected chi connectivity index (χ0v) is 12.8. The zero-order valence-electron chi connectivity index (χ0n) is 12.1. The molecule has 1 amide bonds. The van der Waals surface area contributed by atoms with Crippen molar-refractivity contribution in [3.8, 4) is 11.5 Å². The first-order valence-corrected chi connectivity index (χ1v) is 6.98. The molecule has 1 atom stereocenters. The lowest BCUT2D eigenvalue weighted by Gasteiger charge is -2.24. The summed E-state index contributed by atoms with van der Waals surface area (Å²) in [4.78, 5) is 11.9. The number of anilines is 2. The minimum absolute atomic E-state index is 0.144. The Kier molecular flexibility index (Phi) is 3.58. The van der Waals surface area contributed by atoms with Crippen LogP contribution in [0.3, 0.4) is 0 Å². The molecule has 0 saturated heterocycles. The number of aromatic nitrogens is 2. The van der Waals surface area contributed by atoms with Crippen molar-refractivity contribution in [3.05, 3.63) is 28.3 Å². The van der Waals surface area contributed by atoms with Crippen LogP contribution in [0.5, 0.6) is 11.5 Å². The second kappa shape index (κ2) is 5.42. The van der Waals surface area contributed by atoms with Gasteiger partial charge in [0.1, 0.15) is 5.82 Å². The van der Waals surface area contributed by atoms with Gasteiger partial charge in [-0.3, -0.25) is 9.89 Å². The van der Waals surface area contributed by atoms with Gasteiger partial charge in [-0.1, -0.05) is 17.7 Å². The molecule has 3 rings (SSSR count). The number of nitrogen functional groups attached to an aromatic ring is 1. The Morgan fingerprint density at radius 3 is 2.82 bits per heavy atom. The molecule has 0 radical (unpaired) electrons. The predicted octanol–water partition coefficient (Wildman–Crippen LogP) is 2.14. The van der Waals surface area contributed by atoms with Crippen molar-refractivity contribution in [1.29, 1.82) is 0 Å². The highest BCUT2D eigenvalue weighted by Gasteiger charge is 2.33. The van der Waals surface area contributed by atoms with Gasteiger partial charge in [0.05, 0.1) is 19.2 Å². The first-order valence-electron chi connectivity index (χ1n) is 6.60. The van der Waals surface area contributed by atoms with Crippen LogP contribution in [0.4, 0.5) is 11.6 Å². The normalized spacial score (nSPS) is 16.9. The van der Waals surface area contributed by atoms with E-state index in [9.17, 15) is 4.79 Å². The third kappa shape index (κ3) is 2.14. The third-order valence-corrected chi connectivity index (χ3v) is 4.11. The fraction of sp³-hybridized carbons (Fsp3) is 0.286. The summed E-state index contributed by atoms with van der Waals surface area (Å²) in [6.07, 6.45) is 0.228. The average molecular weight is 323 g/mol. The van der Waals surface area contributed by atoms with E-state index >= 15 is 0 Å². The largest absolute Gasteiger partial charge is 0.493 e. The Morgan fingerprint density at radius 1 is 1.36 bits per heavy atom. The maximum absolute atomic E-state index is 11.9. The smallest absolute Gasteiger partial charge is 0.226 e. The van der Waals surface area contributed by atoms with Crippen LogP contribution in [-0.4, -0.2) is 30.3 Å². The van der Waals surface area contributed by atoms with E-state index in [2.05, 4.69) is 15.5 Å². The molecule has 0 saturated carbocycles. The third-order valence-electron chi connectivity index (χ3n) is 3.72. The number of fused-ring (bicyclic) bond motifs is 1. The second-order valence-corrected chi connectivity index (χ2v) is 5.29. The molecule has 1 aromatic carbocycles. The quantitative estimate of drug-likeness (QED) is 0.803. The number of carbonyl (C=O) groups excluding carboxylic acids is 1. The van der Waals surface area contributed by atoms with Crippen LogP contribution in [-0.2, 0) is 4.79 Å². The molecule has 1 aliphatic heterocycles. The first-order chi connectivity index (χ1) is 10.6. The number of ether oxygens (including phenoxy) is 2. The van der Waals surface area contributed by atoms with Gasteiger partial charge in [-0.25, -0.2) is 0 Å². The molecular weight excluding hydrogens is 308 g/mol. The number of nitrogens with zero attached hydrogens (tertiary/aromatic N) is 1. The lowest BCUT2D eigenvalue weighted by molar-refractivity contribution is -0.116. The number of methoxy groups -OCH3 is 2. The molecule has 0 fully saturated rings. The van der Waals surface area contributed by atoms with Crippen molar-refractivity contribution in [2.75, 3.05) is 25.3 Å². The van der Waals surface area contributed by atoms with Crippen molar-refractivity contribution in [3.63, 3.8) is 0 Å². The van der Waals surface area contributed by atoms with E-state index in [-0.39, 0.29) is 18.2 Å². The summed E-state index contributed by atoms with van der Waals surface area (Å²) >= 11 is 6.45. The fourth-order valence-corrected chi connectivity index (χ4v) is 3.09. The van der Waals surface area contributed by atoms with E-state index in [1.165, 1.54) is 14.2 Å². The minimum Gasteiger partial charge on any atom is -0.493 e. The summed E-state index contributed by atoms with van der Waals surface area (Å²) in [7, 11) is 3.05. The van der Waals surface area contributed by atoms with Crippen LogP contribution >= 0.6 is 11.6 Å². The maximum Gasteiger partial charge on any atom is 0.226 e. The summed E-state index contributed by atoms with van der Waals surface area (Å²) in [5.74, 6) is 1.35. The van der Waals surface area contributed by atoms with Crippen LogP contribution < -0.4 is 20.5 Å². The first kappa shape index (κ1) is 14.5. The molecule has 22 heavy (non-hydrogen) atoms. The molecule has 0 spiro atoms. The van der Waals surface area contributed by atoms with Gasteiger partial charge in [-0.15, -0.1) is 0 Å². The highest BCUT2D eigenvalue weighted by molar-refractivity contribution is 6.33. The van der Waals surface area contributed by atoms with E-state index in [1.807, 2.05) is 6.07 Å². The molecule has 116 valence electrons. The summed E-state index contributed by atoms with van der Waals surface area (Å²) in [5, 5.41) is 9.78. The number of amides is 1. The molecule has 0 aliphatic carbocycles. The summed E-state index contributed by atoms with van der Waals surface area (Å²) in [6.45, 7) is 0. The van der Waals surface area contributed by atoms with Gasteiger partial charge in [0.25, 0.3) is 0 Å². The van der Waals surface area contributed by atoms with Crippen LogP contribution in [0, 0.1) is 0 Å². The fourth-order valence-electron chi connectivity index (χ4n) is 2.72. The van der Waals surface area contributed by atoms with E-state index in [0.29, 0.717) is 28.2 Å². The zero-order chi connectivity index (χ0) is 15.9. The molecular formula is C14H15ClN4O3. The van der Waals surface area contributed by atoms with Crippen molar-refractivity contribution in [2.24, 2.45) is 0 Å². The van der Waals surface area contributed by atoms with Crippen LogP contribution in [0.25, 0.3) is 0 Å². The monoisotopic (exact) mass is 322 g/mol. The molecule has 2 heterocycles. The second-order valence-electron chi connectivity index (χ2n) is 4.91. The number of benzene rings is 1.